The molecule has 2 aromatic heterocycles. The van der Waals surface area contributed by atoms with Gasteiger partial charge in [-0.3, -0.25) is 9.98 Å². The molecule has 0 fully saturated rings. The van der Waals surface area contributed by atoms with Crippen LogP contribution in [0.4, 0.5) is 11.4 Å². The Balaban J connectivity index is 1.81. The van der Waals surface area contributed by atoms with Crippen LogP contribution in [0, 0.1) is 20.8 Å². The van der Waals surface area contributed by atoms with Gasteiger partial charge in [0.1, 0.15) is 0 Å². The monoisotopic (exact) mass is 338 g/mol. The Morgan fingerprint density at radius 2 is 1.35 bits per heavy atom. The number of aliphatic imine (C=N–C) groups is 2. The predicted molar refractivity (Wildman–Crippen MR) is 104 cm³/mol. The molecule has 0 spiro atoms. The van der Waals surface area contributed by atoms with E-state index in [4.69, 9.17) is 0 Å². The van der Waals surface area contributed by atoms with Gasteiger partial charge < -0.3 is 0 Å². The highest BCUT2D eigenvalue weighted by atomic mass is 32.1. The van der Waals surface area contributed by atoms with Gasteiger partial charge in [0.2, 0.25) is 0 Å². The molecule has 3 rings (SSSR count). The molecule has 23 heavy (non-hydrogen) atoms. The van der Waals surface area contributed by atoms with E-state index in [0.717, 1.165) is 16.9 Å². The highest BCUT2D eigenvalue weighted by molar-refractivity contribution is 7.13. The molecule has 116 valence electrons. The first-order chi connectivity index (χ1) is 11.1. The van der Waals surface area contributed by atoms with Gasteiger partial charge in [0.25, 0.3) is 0 Å². The fourth-order valence-corrected chi connectivity index (χ4v) is 3.63. The number of thiophene rings is 2. The van der Waals surface area contributed by atoms with Crippen LogP contribution in [0.1, 0.15) is 25.1 Å². The van der Waals surface area contributed by atoms with Gasteiger partial charge in [-0.15, -0.1) is 22.7 Å². The lowest BCUT2D eigenvalue weighted by Crippen LogP contribution is -1.78. The smallest absolute Gasteiger partial charge is 0.0680 e. The van der Waals surface area contributed by atoms with Crippen LogP contribution >= 0.6 is 22.7 Å². The van der Waals surface area contributed by atoms with Crippen molar-refractivity contribution in [3.63, 3.8) is 0 Å². The summed E-state index contributed by atoms with van der Waals surface area (Å²) < 4.78 is 0. The van der Waals surface area contributed by atoms with Crippen LogP contribution in [-0.2, 0) is 0 Å². The molecule has 0 unspecified atom stereocenters. The molecule has 0 aliphatic rings. The lowest BCUT2D eigenvalue weighted by Gasteiger charge is -2.01. The molecule has 2 nitrogen and oxygen atoms in total. The average Bonchev–Trinajstić information content (AvgIpc) is 3.13. The number of rotatable bonds is 4. The molecule has 0 radical (unpaired) electrons. The van der Waals surface area contributed by atoms with Gasteiger partial charge in [0.15, 0.2) is 0 Å². The molecule has 0 aliphatic carbocycles. The molecule has 0 aliphatic heterocycles. The molecule has 1 aromatic carbocycles. The first-order valence-corrected chi connectivity index (χ1v) is 9.05. The fraction of sp³-hybridized carbons (Fsp3) is 0.158. The van der Waals surface area contributed by atoms with Gasteiger partial charge in [-0.1, -0.05) is 6.07 Å². The second kappa shape index (κ2) is 7.02. The van der Waals surface area contributed by atoms with E-state index in [1.165, 1.54) is 19.5 Å². The van der Waals surface area contributed by atoms with Crippen LogP contribution in [0.2, 0.25) is 0 Å². The summed E-state index contributed by atoms with van der Waals surface area (Å²) in [5.74, 6) is 0. The summed E-state index contributed by atoms with van der Waals surface area (Å²) >= 11 is 3.50. The second-order valence-corrected chi connectivity index (χ2v) is 8.02. The molecule has 0 N–H and O–H groups in total. The van der Waals surface area contributed by atoms with Crippen molar-refractivity contribution < 1.29 is 0 Å². The van der Waals surface area contributed by atoms with E-state index in [1.54, 1.807) is 22.7 Å². The lowest BCUT2D eigenvalue weighted by atomic mass is 10.2. The summed E-state index contributed by atoms with van der Waals surface area (Å²) in [5, 5.41) is 0. The van der Waals surface area contributed by atoms with Crippen molar-refractivity contribution in [1.82, 2.24) is 0 Å². The maximum Gasteiger partial charge on any atom is 0.0680 e. The number of hydrogen-bond acceptors (Lipinski definition) is 4. The summed E-state index contributed by atoms with van der Waals surface area (Å²) in [6, 6.07) is 14.5. The SMILES string of the molecule is Cc1ccc(C=Nc2ccc(C)c(N=Cc3ccc(C)s3)c2)s1. The van der Waals surface area contributed by atoms with E-state index >= 15 is 0 Å². The Morgan fingerprint density at radius 3 is 1.91 bits per heavy atom. The second-order valence-electron chi connectivity index (χ2n) is 5.38. The first kappa shape index (κ1) is 15.8. The minimum atomic E-state index is 0.927. The van der Waals surface area contributed by atoms with Crippen molar-refractivity contribution >= 4 is 46.5 Å². The topological polar surface area (TPSA) is 24.7 Å². The summed E-state index contributed by atoms with van der Waals surface area (Å²) in [6.45, 7) is 6.28. The molecule has 0 saturated carbocycles. The third kappa shape index (κ3) is 4.24. The fourth-order valence-electron chi connectivity index (χ4n) is 2.13. The van der Waals surface area contributed by atoms with E-state index in [1.807, 2.05) is 24.6 Å². The zero-order valence-corrected chi connectivity index (χ0v) is 15.0. The van der Waals surface area contributed by atoms with Crippen LogP contribution < -0.4 is 0 Å². The van der Waals surface area contributed by atoms with Crippen LogP contribution in [0.3, 0.4) is 0 Å². The van der Waals surface area contributed by atoms with Crippen molar-refractivity contribution in [2.45, 2.75) is 20.8 Å². The van der Waals surface area contributed by atoms with Gasteiger partial charge in [0, 0.05) is 31.9 Å². The number of hydrogen-bond donors (Lipinski definition) is 0. The predicted octanol–water partition coefficient (Wildman–Crippen LogP) is 6.24. The van der Waals surface area contributed by atoms with Crippen LogP contribution in [0.25, 0.3) is 0 Å². The molecule has 0 saturated heterocycles. The zero-order valence-electron chi connectivity index (χ0n) is 13.4. The van der Waals surface area contributed by atoms with Gasteiger partial charge in [0.05, 0.1) is 11.4 Å². The Morgan fingerprint density at radius 1 is 0.739 bits per heavy atom. The summed E-state index contributed by atoms with van der Waals surface area (Å²) in [7, 11) is 0. The molecule has 4 heteroatoms. The average molecular weight is 339 g/mol. The van der Waals surface area contributed by atoms with Crippen molar-refractivity contribution in [2.24, 2.45) is 9.98 Å². The van der Waals surface area contributed by atoms with Crippen molar-refractivity contribution in [3.05, 3.63) is 67.5 Å². The van der Waals surface area contributed by atoms with Gasteiger partial charge in [-0.05, 0) is 62.7 Å². The maximum atomic E-state index is 4.62. The van der Waals surface area contributed by atoms with Crippen LogP contribution in [-0.4, -0.2) is 12.4 Å². The molecule has 2 heterocycles. The quantitative estimate of drug-likeness (QED) is 0.503. The molecule has 3 aromatic rings. The number of benzene rings is 1. The van der Waals surface area contributed by atoms with E-state index in [9.17, 15) is 0 Å². The van der Waals surface area contributed by atoms with Gasteiger partial charge in [-0.2, -0.15) is 0 Å². The van der Waals surface area contributed by atoms with E-state index in [2.05, 4.69) is 61.1 Å². The van der Waals surface area contributed by atoms with Crippen molar-refractivity contribution in [1.29, 1.82) is 0 Å². The normalized spacial score (nSPS) is 11.8. The van der Waals surface area contributed by atoms with Crippen molar-refractivity contribution in [3.8, 4) is 0 Å². The highest BCUT2D eigenvalue weighted by Crippen LogP contribution is 2.26. The number of nitrogens with zero attached hydrogens (tertiary/aromatic N) is 2. The Hall–Kier alpha value is -2.04. The summed E-state index contributed by atoms with van der Waals surface area (Å²) in [5.41, 5.74) is 3.05. The largest absolute Gasteiger partial charge is 0.255 e. The van der Waals surface area contributed by atoms with Gasteiger partial charge in [-0.25, -0.2) is 0 Å². The minimum Gasteiger partial charge on any atom is -0.255 e. The van der Waals surface area contributed by atoms with Crippen LogP contribution in [0.15, 0.2) is 52.4 Å². The van der Waals surface area contributed by atoms with Crippen molar-refractivity contribution in [2.75, 3.05) is 0 Å². The highest BCUT2D eigenvalue weighted by Gasteiger charge is 1.99. The lowest BCUT2D eigenvalue weighted by molar-refractivity contribution is 1.39. The molecule has 0 bridgehead atoms. The minimum absolute atomic E-state index is 0.927. The Bertz CT molecular complexity index is 869. The van der Waals surface area contributed by atoms with E-state index < -0.39 is 0 Å². The Kier molecular flexibility index (Phi) is 4.84. The van der Waals surface area contributed by atoms with Gasteiger partial charge >= 0.3 is 0 Å². The zero-order chi connectivity index (χ0) is 16.2. The molecule has 0 amide bonds. The first-order valence-electron chi connectivity index (χ1n) is 7.42. The third-order valence-corrected chi connectivity index (χ3v) is 5.26. The summed E-state index contributed by atoms with van der Waals surface area (Å²) in [6.07, 6.45) is 3.84. The summed E-state index contributed by atoms with van der Waals surface area (Å²) in [4.78, 5) is 14.1. The van der Waals surface area contributed by atoms with Crippen LogP contribution in [0.5, 0.6) is 0 Å². The standard InChI is InChI=1S/C19H18N2S2/c1-13-4-7-16(20-11-17-8-5-14(2)22-17)10-19(13)21-12-18-9-6-15(3)23-18/h4-12H,1-3H3. The van der Waals surface area contributed by atoms with E-state index in [0.29, 0.717) is 0 Å². The maximum absolute atomic E-state index is 4.62. The third-order valence-electron chi connectivity index (χ3n) is 3.39. The number of aryl methyl sites for hydroxylation is 3. The molecule has 0 atom stereocenters. The Labute approximate surface area is 144 Å². The molecular formula is C19H18N2S2. The van der Waals surface area contributed by atoms with E-state index in [-0.39, 0.29) is 0 Å². The molecular weight excluding hydrogens is 320 g/mol.